The number of carbonyl (C=O) groups excluding carboxylic acids is 1. The molecule has 0 spiro atoms. The highest BCUT2D eigenvalue weighted by molar-refractivity contribution is 5.82. The molecule has 0 aliphatic carbocycles. The first-order chi connectivity index (χ1) is 10.5. The van der Waals surface area contributed by atoms with Gasteiger partial charge in [0.25, 0.3) is 0 Å². The first kappa shape index (κ1) is 18.5. The Labute approximate surface area is 134 Å². The molecular weight excluding hydrogens is 276 g/mol. The van der Waals surface area contributed by atoms with Gasteiger partial charge >= 0.3 is 0 Å². The SMILES string of the molecule is CCC(CC)(CN)C(=O)NCCOc1ccccc1C(C)C. The van der Waals surface area contributed by atoms with Crippen molar-refractivity contribution in [1.82, 2.24) is 5.32 Å². The molecule has 0 saturated carbocycles. The Morgan fingerprint density at radius 3 is 2.45 bits per heavy atom. The molecule has 124 valence electrons. The van der Waals surface area contributed by atoms with Crippen LogP contribution in [0, 0.1) is 5.41 Å². The molecule has 0 aromatic heterocycles. The van der Waals surface area contributed by atoms with Gasteiger partial charge in [-0.1, -0.05) is 45.9 Å². The molecule has 0 heterocycles. The van der Waals surface area contributed by atoms with Crippen molar-refractivity contribution in [2.45, 2.75) is 46.5 Å². The largest absolute Gasteiger partial charge is 0.491 e. The van der Waals surface area contributed by atoms with Gasteiger partial charge in [-0.3, -0.25) is 4.79 Å². The highest BCUT2D eigenvalue weighted by atomic mass is 16.5. The second kappa shape index (κ2) is 8.79. The fourth-order valence-electron chi connectivity index (χ4n) is 2.55. The van der Waals surface area contributed by atoms with Crippen LogP contribution in [0.3, 0.4) is 0 Å². The second-order valence-electron chi connectivity index (χ2n) is 5.99. The molecule has 0 aliphatic rings. The number of ether oxygens (including phenoxy) is 1. The van der Waals surface area contributed by atoms with Crippen LogP contribution >= 0.6 is 0 Å². The molecule has 1 rings (SSSR count). The summed E-state index contributed by atoms with van der Waals surface area (Å²) in [5, 5.41) is 2.95. The van der Waals surface area contributed by atoms with E-state index in [0.717, 1.165) is 18.6 Å². The van der Waals surface area contributed by atoms with Crippen LogP contribution in [0.25, 0.3) is 0 Å². The van der Waals surface area contributed by atoms with Gasteiger partial charge in [0, 0.05) is 6.54 Å². The topological polar surface area (TPSA) is 64.4 Å². The summed E-state index contributed by atoms with van der Waals surface area (Å²) in [6.07, 6.45) is 1.51. The number of hydrogen-bond acceptors (Lipinski definition) is 3. The number of nitrogens with two attached hydrogens (primary N) is 1. The summed E-state index contributed by atoms with van der Waals surface area (Å²) in [6.45, 7) is 9.63. The maximum atomic E-state index is 12.3. The Morgan fingerprint density at radius 2 is 1.91 bits per heavy atom. The van der Waals surface area contributed by atoms with Crippen molar-refractivity contribution < 1.29 is 9.53 Å². The highest BCUT2D eigenvalue weighted by Gasteiger charge is 2.32. The summed E-state index contributed by atoms with van der Waals surface area (Å²) in [6, 6.07) is 8.03. The number of amides is 1. The fraction of sp³-hybridized carbons (Fsp3) is 0.611. The van der Waals surface area contributed by atoms with E-state index in [0.29, 0.717) is 25.6 Å². The maximum Gasteiger partial charge on any atom is 0.227 e. The molecule has 1 aromatic carbocycles. The minimum absolute atomic E-state index is 0.0285. The van der Waals surface area contributed by atoms with Crippen LogP contribution in [0.2, 0.25) is 0 Å². The summed E-state index contributed by atoms with van der Waals surface area (Å²) in [4.78, 5) is 12.3. The zero-order valence-corrected chi connectivity index (χ0v) is 14.3. The van der Waals surface area contributed by atoms with Gasteiger partial charge in [0.1, 0.15) is 12.4 Å². The van der Waals surface area contributed by atoms with E-state index in [4.69, 9.17) is 10.5 Å². The number of nitrogens with one attached hydrogen (secondary N) is 1. The molecule has 0 atom stereocenters. The molecule has 1 aromatic rings. The number of rotatable bonds is 9. The third-order valence-electron chi connectivity index (χ3n) is 4.41. The first-order valence-corrected chi connectivity index (χ1v) is 8.20. The molecule has 4 heteroatoms. The Balaban J connectivity index is 2.51. The highest BCUT2D eigenvalue weighted by Crippen LogP contribution is 2.26. The van der Waals surface area contributed by atoms with Crippen molar-refractivity contribution in [3.05, 3.63) is 29.8 Å². The summed E-state index contributed by atoms with van der Waals surface area (Å²) in [5.41, 5.74) is 6.52. The fourth-order valence-corrected chi connectivity index (χ4v) is 2.55. The predicted molar refractivity (Wildman–Crippen MR) is 91.1 cm³/mol. The van der Waals surface area contributed by atoms with Gasteiger partial charge < -0.3 is 15.8 Å². The van der Waals surface area contributed by atoms with E-state index in [2.05, 4.69) is 25.2 Å². The smallest absolute Gasteiger partial charge is 0.227 e. The molecule has 22 heavy (non-hydrogen) atoms. The minimum atomic E-state index is -0.449. The van der Waals surface area contributed by atoms with Crippen molar-refractivity contribution in [3.8, 4) is 5.75 Å². The van der Waals surface area contributed by atoms with Gasteiger partial charge in [-0.05, 0) is 30.4 Å². The molecular formula is C18H30N2O2. The number of benzene rings is 1. The van der Waals surface area contributed by atoms with Gasteiger partial charge in [0.2, 0.25) is 5.91 Å². The van der Waals surface area contributed by atoms with E-state index in [-0.39, 0.29) is 5.91 Å². The Kier molecular flexibility index (Phi) is 7.39. The third-order valence-corrected chi connectivity index (χ3v) is 4.41. The molecule has 0 unspecified atom stereocenters. The zero-order chi connectivity index (χ0) is 16.6. The number of para-hydroxylation sites is 1. The van der Waals surface area contributed by atoms with Crippen LogP contribution in [0.4, 0.5) is 0 Å². The van der Waals surface area contributed by atoms with Crippen LogP contribution in [0.15, 0.2) is 24.3 Å². The van der Waals surface area contributed by atoms with Crippen molar-refractivity contribution in [1.29, 1.82) is 0 Å². The van der Waals surface area contributed by atoms with Gasteiger partial charge in [0.05, 0.1) is 12.0 Å². The van der Waals surface area contributed by atoms with Crippen LogP contribution in [0.5, 0.6) is 5.75 Å². The van der Waals surface area contributed by atoms with Gasteiger partial charge in [0.15, 0.2) is 0 Å². The van der Waals surface area contributed by atoms with E-state index in [1.807, 2.05) is 32.0 Å². The number of carbonyl (C=O) groups is 1. The van der Waals surface area contributed by atoms with E-state index < -0.39 is 5.41 Å². The van der Waals surface area contributed by atoms with Crippen molar-refractivity contribution >= 4 is 5.91 Å². The standard InChI is InChI=1S/C18H30N2O2/c1-5-18(6-2,13-19)17(21)20-11-12-22-16-10-8-7-9-15(16)14(3)4/h7-10,14H,5-6,11-13,19H2,1-4H3,(H,20,21). The third kappa shape index (κ3) is 4.47. The lowest BCUT2D eigenvalue weighted by atomic mass is 9.81. The van der Waals surface area contributed by atoms with E-state index >= 15 is 0 Å². The number of hydrogen-bond donors (Lipinski definition) is 2. The monoisotopic (exact) mass is 306 g/mol. The average molecular weight is 306 g/mol. The summed E-state index contributed by atoms with van der Waals surface area (Å²) in [5.74, 6) is 1.33. The second-order valence-corrected chi connectivity index (χ2v) is 5.99. The summed E-state index contributed by atoms with van der Waals surface area (Å²) >= 11 is 0. The van der Waals surface area contributed by atoms with Crippen molar-refractivity contribution in [3.63, 3.8) is 0 Å². The molecule has 0 fully saturated rings. The van der Waals surface area contributed by atoms with E-state index in [9.17, 15) is 4.79 Å². The van der Waals surface area contributed by atoms with Gasteiger partial charge in [-0.25, -0.2) is 0 Å². The maximum absolute atomic E-state index is 12.3. The first-order valence-electron chi connectivity index (χ1n) is 8.20. The summed E-state index contributed by atoms with van der Waals surface area (Å²) in [7, 11) is 0. The molecule has 0 aliphatic heterocycles. The molecule has 0 radical (unpaired) electrons. The van der Waals surface area contributed by atoms with Crippen molar-refractivity contribution in [2.24, 2.45) is 11.1 Å². The lowest BCUT2D eigenvalue weighted by molar-refractivity contribution is -0.131. The Hall–Kier alpha value is -1.55. The molecule has 1 amide bonds. The van der Waals surface area contributed by atoms with E-state index in [1.165, 1.54) is 5.56 Å². The van der Waals surface area contributed by atoms with E-state index in [1.54, 1.807) is 0 Å². The van der Waals surface area contributed by atoms with Crippen LogP contribution in [-0.2, 0) is 4.79 Å². The van der Waals surface area contributed by atoms with Gasteiger partial charge in [-0.15, -0.1) is 0 Å². The Morgan fingerprint density at radius 1 is 1.27 bits per heavy atom. The molecule has 4 nitrogen and oxygen atoms in total. The lowest BCUT2D eigenvalue weighted by Crippen LogP contribution is -2.46. The Bertz CT molecular complexity index is 460. The average Bonchev–Trinajstić information content (AvgIpc) is 2.54. The zero-order valence-electron chi connectivity index (χ0n) is 14.3. The predicted octanol–water partition coefficient (Wildman–Crippen LogP) is 3.07. The molecule has 3 N–H and O–H groups in total. The molecule has 0 saturated heterocycles. The van der Waals surface area contributed by atoms with Crippen molar-refractivity contribution in [2.75, 3.05) is 19.7 Å². The van der Waals surface area contributed by atoms with Gasteiger partial charge in [-0.2, -0.15) is 0 Å². The normalized spacial score (nSPS) is 11.5. The molecule has 0 bridgehead atoms. The summed E-state index contributed by atoms with van der Waals surface area (Å²) < 4.78 is 5.82. The van der Waals surface area contributed by atoms with Crippen LogP contribution in [0.1, 0.15) is 52.0 Å². The minimum Gasteiger partial charge on any atom is -0.491 e. The quantitative estimate of drug-likeness (QED) is 0.689. The lowest BCUT2D eigenvalue weighted by Gasteiger charge is -2.28. The van der Waals surface area contributed by atoms with Crippen LogP contribution < -0.4 is 15.8 Å². The van der Waals surface area contributed by atoms with Crippen LogP contribution in [-0.4, -0.2) is 25.6 Å².